The van der Waals surface area contributed by atoms with Crippen molar-refractivity contribution in [3.05, 3.63) is 59.8 Å². The van der Waals surface area contributed by atoms with Crippen molar-refractivity contribution in [3.8, 4) is 0 Å². The highest BCUT2D eigenvalue weighted by Crippen LogP contribution is 2.26. The van der Waals surface area contributed by atoms with E-state index in [1.807, 2.05) is 39.0 Å². The van der Waals surface area contributed by atoms with Crippen LogP contribution >= 0.6 is 11.8 Å². The van der Waals surface area contributed by atoms with E-state index in [1.54, 1.807) is 25.4 Å². The van der Waals surface area contributed by atoms with Crippen LogP contribution in [0.2, 0.25) is 0 Å². The van der Waals surface area contributed by atoms with Gasteiger partial charge in [0.15, 0.2) is 5.82 Å². The number of hydrogen-bond acceptors (Lipinski definition) is 7. The van der Waals surface area contributed by atoms with Crippen LogP contribution in [0.3, 0.4) is 0 Å². The third-order valence-corrected chi connectivity index (χ3v) is 4.71. The zero-order chi connectivity index (χ0) is 19.4. The number of benzene rings is 1. The van der Waals surface area contributed by atoms with Crippen LogP contribution in [0.25, 0.3) is 0 Å². The van der Waals surface area contributed by atoms with Gasteiger partial charge in [-0.2, -0.15) is 4.98 Å². The first-order valence-electron chi connectivity index (χ1n) is 8.48. The van der Waals surface area contributed by atoms with Gasteiger partial charge < -0.3 is 9.84 Å². The lowest BCUT2D eigenvalue weighted by molar-refractivity contribution is 0.102. The van der Waals surface area contributed by atoms with E-state index < -0.39 is 0 Å². The summed E-state index contributed by atoms with van der Waals surface area (Å²) in [5, 5.41) is 6.73. The number of nitrogens with one attached hydrogen (secondary N) is 1. The molecule has 0 spiro atoms. The molecule has 0 bridgehead atoms. The van der Waals surface area contributed by atoms with Crippen molar-refractivity contribution in [2.75, 3.05) is 5.32 Å². The minimum atomic E-state index is -0.213. The van der Waals surface area contributed by atoms with Gasteiger partial charge in [-0.25, -0.2) is 9.97 Å². The van der Waals surface area contributed by atoms with Crippen LogP contribution < -0.4 is 5.32 Å². The molecular formula is C19H21N5O2S. The van der Waals surface area contributed by atoms with Crippen LogP contribution in [0.4, 0.5) is 5.69 Å². The normalized spacial score (nSPS) is 11.4. The lowest BCUT2D eigenvalue weighted by Crippen LogP contribution is -2.17. The largest absolute Gasteiger partial charge is 0.340 e. The van der Waals surface area contributed by atoms with E-state index in [9.17, 15) is 4.79 Å². The van der Waals surface area contributed by atoms with Gasteiger partial charge in [-0.1, -0.05) is 38.1 Å². The Kier molecular flexibility index (Phi) is 5.55. The molecule has 0 atom stereocenters. The topological polar surface area (TPSA) is 93.8 Å². The molecule has 3 aromatic rings. The molecule has 0 fully saturated rings. The standard InChI is InChI=1S/C19H21N5O2S/c1-12-22-16(24-26-12)11-27-15-8-6-5-7-14(15)17(25)23-13-9-20-18(21-10-13)19(2,3)4/h5-10H,11H2,1-4H3,(H,23,25). The molecule has 0 aliphatic heterocycles. The first-order valence-corrected chi connectivity index (χ1v) is 9.46. The molecule has 27 heavy (non-hydrogen) atoms. The monoisotopic (exact) mass is 383 g/mol. The summed E-state index contributed by atoms with van der Waals surface area (Å²) in [5.74, 6) is 2.15. The molecule has 0 radical (unpaired) electrons. The second-order valence-electron chi connectivity index (χ2n) is 7.01. The highest BCUT2D eigenvalue weighted by Gasteiger charge is 2.18. The Hall–Kier alpha value is -2.74. The summed E-state index contributed by atoms with van der Waals surface area (Å²) in [6, 6.07) is 7.40. The molecule has 0 aliphatic carbocycles. The fourth-order valence-corrected chi connectivity index (χ4v) is 3.19. The van der Waals surface area contributed by atoms with Gasteiger partial charge in [0.1, 0.15) is 5.82 Å². The molecule has 1 N–H and O–H groups in total. The van der Waals surface area contributed by atoms with Crippen molar-refractivity contribution in [2.24, 2.45) is 0 Å². The van der Waals surface area contributed by atoms with Crippen LogP contribution in [0.15, 0.2) is 46.1 Å². The Balaban J connectivity index is 1.71. The summed E-state index contributed by atoms with van der Waals surface area (Å²) >= 11 is 1.48. The average Bonchev–Trinajstić information content (AvgIpc) is 3.05. The van der Waals surface area contributed by atoms with Gasteiger partial charge in [-0.3, -0.25) is 4.79 Å². The summed E-state index contributed by atoms with van der Waals surface area (Å²) in [4.78, 5) is 26.4. The Morgan fingerprint density at radius 2 is 1.89 bits per heavy atom. The predicted octanol–water partition coefficient (Wildman–Crippen LogP) is 4.01. The van der Waals surface area contributed by atoms with Gasteiger partial charge in [0.25, 0.3) is 5.91 Å². The second-order valence-corrected chi connectivity index (χ2v) is 8.03. The first kappa shape index (κ1) is 19.0. The number of anilines is 1. The number of hydrogen-bond donors (Lipinski definition) is 1. The Labute approximate surface area is 162 Å². The van der Waals surface area contributed by atoms with Crippen LogP contribution in [0.5, 0.6) is 0 Å². The van der Waals surface area contributed by atoms with E-state index in [0.29, 0.717) is 28.7 Å². The minimum absolute atomic E-state index is 0.140. The molecule has 0 saturated carbocycles. The van der Waals surface area contributed by atoms with Crippen molar-refractivity contribution in [3.63, 3.8) is 0 Å². The summed E-state index contributed by atoms with van der Waals surface area (Å²) in [6.07, 6.45) is 3.26. The number of nitrogens with zero attached hydrogens (tertiary/aromatic N) is 4. The smallest absolute Gasteiger partial charge is 0.256 e. The van der Waals surface area contributed by atoms with Crippen molar-refractivity contribution < 1.29 is 9.32 Å². The molecule has 7 nitrogen and oxygen atoms in total. The Morgan fingerprint density at radius 1 is 1.19 bits per heavy atom. The quantitative estimate of drug-likeness (QED) is 0.665. The van der Waals surface area contributed by atoms with Crippen molar-refractivity contribution in [1.82, 2.24) is 20.1 Å². The second kappa shape index (κ2) is 7.87. The molecular weight excluding hydrogens is 362 g/mol. The number of thioether (sulfide) groups is 1. The molecule has 1 aromatic carbocycles. The number of carbonyl (C=O) groups is 1. The molecule has 0 aliphatic rings. The SMILES string of the molecule is Cc1nc(CSc2ccccc2C(=O)Nc2cnc(C(C)(C)C)nc2)no1. The molecule has 0 saturated heterocycles. The maximum atomic E-state index is 12.7. The predicted molar refractivity (Wildman–Crippen MR) is 104 cm³/mol. The third-order valence-electron chi connectivity index (χ3n) is 3.64. The van der Waals surface area contributed by atoms with Gasteiger partial charge in [0.05, 0.1) is 29.4 Å². The van der Waals surface area contributed by atoms with Gasteiger partial charge in [-0.15, -0.1) is 11.8 Å². The van der Waals surface area contributed by atoms with Crippen molar-refractivity contribution >= 4 is 23.4 Å². The van der Waals surface area contributed by atoms with Gasteiger partial charge in [-0.05, 0) is 12.1 Å². The molecule has 0 unspecified atom stereocenters. The van der Waals surface area contributed by atoms with E-state index in [4.69, 9.17) is 4.52 Å². The first-order chi connectivity index (χ1) is 12.8. The fourth-order valence-electron chi connectivity index (χ4n) is 2.30. The zero-order valence-corrected chi connectivity index (χ0v) is 16.5. The molecule has 8 heteroatoms. The van der Waals surface area contributed by atoms with E-state index in [2.05, 4.69) is 25.4 Å². The average molecular weight is 383 g/mol. The highest BCUT2D eigenvalue weighted by atomic mass is 32.2. The van der Waals surface area contributed by atoms with Crippen LogP contribution in [0, 0.1) is 6.92 Å². The molecule has 2 aromatic heterocycles. The summed E-state index contributed by atoms with van der Waals surface area (Å²) < 4.78 is 4.98. The highest BCUT2D eigenvalue weighted by molar-refractivity contribution is 7.98. The van der Waals surface area contributed by atoms with Crippen molar-refractivity contribution in [1.29, 1.82) is 0 Å². The van der Waals surface area contributed by atoms with E-state index in [0.717, 1.165) is 10.7 Å². The Morgan fingerprint density at radius 3 is 2.52 bits per heavy atom. The summed E-state index contributed by atoms with van der Waals surface area (Å²) in [5.41, 5.74) is 0.989. The number of amides is 1. The minimum Gasteiger partial charge on any atom is -0.340 e. The Bertz CT molecular complexity index is 932. The van der Waals surface area contributed by atoms with Crippen LogP contribution in [-0.2, 0) is 11.2 Å². The van der Waals surface area contributed by atoms with Gasteiger partial charge in [0.2, 0.25) is 5.89 Å². The van der Waals surface area contributed by atoms with E-state index in [-0.39, 0.29) is 11.3 Å². The summed E-state index contributed by atoms with van der Waals surface area (Å²) in [7, 11) is 0. The number of rotatable bonds is 5. The van der Waals surface area contributed by atoms with E-state index >= 15 is 0 Å². The maximum absolute atomic E-state index is 12.7. The maximum Gasteiger partial charge on any atom is 0.256 e. The fraction of sp³-hybridized carbons (Fsp3) is 0.316. The molecule has 2 heterocycles. The molecule has 3 rings (SSSR count). The summed E-state index contributed by atoms with van der Waals surface area (Å²) in [6.45, 7) is 7.87. The zero-order valence-electron chi connectivity index (χ0n) is 15.7. The van der Waals surface area contributed by atoms with Gasteiger partial charge in [0, 0.05) is 17.2 Å². The lowest BCUT2D eigenvalue weighted by atomic mass is 9.96. The lowest BCUT2D eigenvalue weighted by Gasteiger charge is -2.16. The molecule has 140 valence electrons. The van der Waals surface area contributed by atoms with E-state index in [1.165, 1.54) is 11.8 Å². The number of aryl methyl sites for hydroxylation is 1. The van der Waals surface area contributed by atoms with Gasteiger partial charge >= 0.3 is 0 Å². The third kappa shape index (κ3) is 4.91. The number of aromatic nitrogens is 4. The van der Waals surface area contributed by atoms with Crippen molar-refractivity contribution in [2.45, 2.75) is 43.8 Å². The molecule has 1 amide bonds. The van der Waals surface area contributed by atoms with Crippen LogP contribution in [0.1, 0.15) is 48.7 Å². The number of carbonyl (C=O) groups excluding carboxylic acids is 1. The van der Waals surface area contributed by atoms with Crippen LogP contribution in [-0.4, -0.2) is 26.0 Å².